The fourth-order valence-electron chi connectivity index (χ4n) is 4.41. The number of amides is 2. The van der Waals surface area contributed by atoms with Crippen molar-refractivity contribution in [3.05, 3.63) is 34.2 Å². The Kier molecular flexibility index (Phi) is 6.32. The maximum absolute atomic E-state index is 12.7. The lowest BCUT2D eigenvalue weighted by atomic mass is 9.79. The Morgan fingerprint density at radius 2 is 2.03 bits per heavy atom. The van der Waals surface area contributed by atoms with Crippen LogP contribution in [0.2, 0.25) is 0 Å². The van der Waals surface area contributed by atoms with Gasteiger partial charge in [0.1, 0.15) is 6.54 Å². The summed E-state index contributed by atoms with van der Waals surface area (Å²) >= 11 is 0.861. The summed E-state index contributed by atoms with van der Waals surface area (Å²) in [6.45, 7) is 12.9. The van der Waals surface area contributed by atoms with Gasteiger partial charge >= 0.3 is 5.97 Å². The minimum Gasteiger partial charge on any atom is -0.462 e. The largest absolute Gasteiger partial charge is 0.462 e. The van der Waals surface area contributed by atoms with E-state index >= 15 is 0 Å². The lowest BCUT2D eigenvalue weighted by Crippen LogP contribution is -2.48. The summed E-state index contributed by atoms with van der Waals surface area (Å²) in [6, 6.07) is 6.20. The molecule has 7 heteroatoms. The van der Waals surface area contributed by atoms with Gasteiger partial charge in [-0.2, -0.15) is 0 Å². The summed E-state index contributed by atoms with van der Waals surface area (Å²) in [5, 5.41) is -0.447. The normalized spacial score (nSPS) is 22.1. The van der Waals surface area contributed by atoms with Gasteiger partial charge in [0.15, 0.2) is 0 Å². The Hall–Kier alpha value is -2.28. The van der Waals surface area contributed by atoms with Crippen LogP contribution in [0.5, 0.6) is 0 Å². The molecule has 1 unspecified atom stereocenters. The lowest BCUT2D eigenvalue weighted by molar-refractivity contribution is -0.149. The first-order valence-electron chi connectivity index (χ1n) is 10.4. The number of imide groups is 1. The first-order valence-corrected chi connectivity index (χ1v) is 11.2. The molecule has 0 aliphatic carbocycles. The molecule has 0 bridgehead atoms. The van der Waals surface area contributed by atoms with Crippen LogP contribution in [-0.2, 0) is 14.3 Å². The van der Waals surface area contributed by atoms with Crippen molar-refractivity contribution in [2.45, 2.75) is 65.5 Å². The highest BCUT2D eigenvalue weighted by atomic mass is 32.2. The molecular weight excluding hydrogens is 400 g/mol. The summed E-state index contributed by atoms with van der Waals surface area (Å²) in [4.78, 5) is 40.5. The van der Waals surface area contributed by atoms with E-state index in [1.165, 1.54) is 11.3 Å². The van der Waals surface area contributed by atoms with E-state index in [1.54, 1.807) is 19.9 Å². The molecule has 6 nitrogen and oxygen atoms in total. The molecule has 0 radical (unpaired) electrons. The highest BCUT2D eigenvalue weighted by Crippen LogP contribution is 2.44. The van der Waals surface area contributed by atoms with Crippen LogP contribution in [0.25, 0.3) is 6.08 Å². The predicted octanol–water partition coefficient (Wildman–Crippen LogP) is 4.79. The van der Waals surface area contributed by atoms with Gasteiger partial charge in [-0.15, -0.1) is 0 Å². The number of carbonyl (C=O) groups excluding carboxylic acids is 3. The Balaban J connectivity index is 1.84. The van der Waals surface area contributed by atoms with Crippen molar-refractivity contribution in [2.24, 2.45) is 0 Å². The molecule has 1 atom stereocenters. The molecule has 0 saturated carbocycles. The van der Waals surface area contributed by atoms with Gasteiger partial charge in [-0.3, -0.25) is 19.3 Å². The molecule has 30 heavy (non-hydrogen) atoms. The first kappa shape index (κ1) is 22.4. The third-order valence-corrected chi connectivity index (χ3v) is 6.46. The molecule has 1 aromatic rings. The van der Waals surface area contributed by atoms with Gasteiger partial charge in [-0.1, -0.05) is 13.0 Å². The van der Waals surface area contributed by atoms with Crippen molar-refractivity contribution in [1.82, 2.24) is 4.90 Å². The van der Waals surface area contributed by atoms with Gasteiger partial charge in [0, 0.05) is 17.8 Å². The Morgan fingerprint density at radius 1 is 1.33 bits per heavy atom. The zero-order valence-electron chi connectivity index (χ0n) is 18.5. The van der Waals surface area contributed by atoms with E-state index in [9.17, 15) is 14.4 Å². The van der Waals surface area contributed by atoms with Crippen LogP contribution in [0.4, 0.5) is 10.5 Å². The smallest absolute Gasteiger partial charge is 0.326 e. The van der Waals surface area contributed by atoms with Gasteiger partial charge in [-0.05, 0) is 88.1 Å². The number of thioether (sulfide) groups is 1. The third-order valence-electron chi connectivity index (χ3n) is 5.55. The molecule has 0 N–H and O–H groups in total. The topological polar surface area (TPSA) is 66.9 Å². The van der Waals surface area contributed by atoms with Crippen LogP contribution in [0.1, 0.15) is 65.0 Å². The molecule has 2 amide bonds. The van der Waals surface area contributed by atoms with Gasteiger partial charge in [0.05, 0.1) is 11.0 Å². The van der Waals surface area contributed by atoms with Gasteiger partial charge in [-0.25, -0.2) is 0 Å². The summed E-state index contributed by atoms with van der Waals surface area (Å²) in [5.41, 5.74) is 3.45. The second-order valence-electron chi connectivity index (χ2n) is 8.79. The number of hydrogen-bond acceptors (Lipinski definition) is 6. The monoisotopic (exact) mass is 430 g/mol. The van der Waals surface area contributed by atoms with Crippen LogP contribution in [0.3, 0.4) is 0 Å². The number of rotatable bonds is 5. The van der Waals surface area contributed by atoms with Crippen molar-refractivity contribution in [3.8, 4) is 0 Å². The number of nitrogens with zero attached hydrogens (tertiary/aromatic N) is 2. The first-order chi connectivity index (χ1) is 14.0. The lowest BCUT2D eigenvalue weighted by Gasteiger charge is -2.47. The number of fused-ring (bicyclic) bond motifs is 1. The molecular formula is C23H30N2O4S. The fourth-order valence-corrected chi connectivity index (χ4v) is 5.25. The van der Waals surface area contributed by atoms with Gasteiger partial charge in [0.2, 0.25) is 0 Å². The highest BCUT2D eigenvalue weighted by molar-refractivity contribution is 8.18. The van der Waals surface area contributed by atoms with E-state index in [4.69, 9.17) is 4.74 Å². The molecule has 3 rings (SSSR count). The molecule has 2 aliphatic rings. The predicted molar refractivity (Wildman–Crippen MR) is 120 cm³/mol. The molecule has 1 aromatic carbocycles. The van der Waals surface area contributed by atoms with Crippen LogP contribution < -0.4 is 4.90 Å². The van der Waals surface area contributed by atoms with E-state index in [1.807, 2.05) is 6.07 Å². The van der Waals surface area contributed by atoms with Crippen molar-refractivity contribution in [1.29, 1.82) is 0 Å². The standard InChI is InChI=1S/C23H30N2O4S/c1-7-25-18-9-8-16(10-17(18)15(4)12-23(25,5)6)11-19-21(27)24(22(28)30-19)13-20(26)29-14(2)3/h8-11,14-15H,7,12-13H2,1-6H3/b19-11+. The van der Waals surface area contributed by atoms with Gasteiger partial charge < -0.3 is 9.64 Å². The minimum atomic E-state index is -0.585. The summed E-state index contributed by atoms with van der Waals surface area (Å²) in [6.07, 6.45) is 2.49. The zero-order chi connectivity index (χ0) is 22.2. The fraction of sp³-hybridized carbons (Fsp3) is 0.522. The number of benzene rings is 1. The van der Waals surface area contributed by atoms with Crippen molar-refractivity contribution < 1.29 is 19.1 Å². The van der Waals surface area contributed by atoms with Crippen LogP contribution in [-0.4, -0.2) is 46.7 Å². The highest BCUT2D eigenvalue weighted by Gasteiger charge is 2.38. The second kappa shape index (κ2) is 8.46. The zero-order valence-corrected chi connectivity index (χ0v) is 19.3. The quantitative estimate of drug-likeness (QED) is 0.494. The summed E-state index contributed by atoms with van der Waals surface area (Å²) in [5.74, 6) is -0.641. The van der Waals surface area contributed by atoms with Crippen LogP contribution in [0.15, 0.2) is 23.1 Å². The third kappa shape index (κ3) is 4.41. The van der Waals surface area contributed by atoms with Crippen LogP contribution in [0, 0.1) is 0 Å². The van der Waals surface area contributed by atoms with Crippen LogP contribution >= 0.6 is 11.8 Å². The Bertz CT molecular complexity index is 906. The average Bonchev–Trinajstić information content (AvgIpc) is 2.88. The molecule has 2 heterocycles. The van der Waals surface area contributed by atoms with E-state index < -0.39 is 17.1 Å². The maximum atomic E-state index is 12.7. The molecule has 0 aromatic heterocycles. The minimum absolute atomic E-state index is 0.0932. The molecule has 162 valence electrons. The molecule has 2 aliphatic heterocycles. The molecule has 0 spiro atoms. The maximum Gasteiger partial charge on any atom is 0.326 e. The Morgan fingerprint density at radius 3 is 2.67 bits per heavy atom. The van der Waals surface area contributed by atoms with Crippen molar-refractivity contribution in [3.63, 3.8) is 0 Å². The second-order valence-corrected chi connectivity index (χ2v) is 9.78. The summed E-state index contributed by atoms with van der Waals surface area (Å²) in [7, 11) is 0. The van der Waals surface area contributed by atoms with E-state index in [0.29, 0.717) is 10.8 Å². The average molecular weight is 431 g/mol. The van der Waals surface area contributed by atoms with E-state index in [2.05, 4.69) is 44.7 Å². The van der Waals surface area contributed by atoms with Crippen molar-refractivity contribution >= 4 is 40.6 Å². The van der Waals surface area contributed by atoms with Crippen molar-refractivity contribution in [2.75, 3.05) is 18.0 Å². The summed E-state index contributed by atoms with van der Waals surface area (Å²) < 4.78 is 5.06. The molecule has 1 saturated heterocycles. The van der Waals surface area contributed by atoms with E-state index in [0.717, 1.165) is 35.2 Å². The number of hydrogen-bond donors (Lipinski definition) is 0. The Labute approximate surface area is 182 Å². The van der Waals surface area contributed by atoms with E-state index in [-0.39, 0.29) is 18.2 Å². The number of carbonyl (C=O) groups is 3. The van der Waals surface area contributed by atoms with Gasteiger partial charge in [0.25, 0.3) is 11.1 Å². The SMILES string of the molecule is CCN1c2ccc(/C=C3/SC(=O)N(CC(=O)OC(C)C)C3=O)cc2C(C)CC1(C)C. The number of ether oxygens (including phenoxy) is 1. The molecule has 1 fully saturated rings. The number of anilines is 1. The number of esters is 1.